The first-order valence-electron chi connectivity index (χ1n) is 33.0. The molecule has 10 aromatic rings. The van der Waals surface area contributed by atoms with Gasteiger partial charge in [-0.2, -0.15) is 0 Å². The molecule has 0 aliphatic carbocycles. The molecule has 0 spiro atoms. The first-order valence-corrected chi connectivity index (χ1v) is 33.0. The van der Waals surface area contributed by atoms with Crippen LogP contribution in [0.1, 0.15) is 121 Å². The SMILES string of the molecule is CCCCCCCCN1CCC(n2cnc(-c3ccc(F)cc3)c2-c2ccnc(N)n2)CC1.Nc1nccc(-c2c(-c3ccc(F)cc3)ncn2C2CCN(CCCCc3ccccc3)CC2)n1.Nc1nccc(-c2c(-c3ccc(F)cc3)ncn2C2CCNCC2)n1. The zero-order valence-corrected chi connectivity index (χ0v) is 53.1. The highest BCUT2D eigenvalue weighted by atomic mass is 19.1. The lowest BCUT2D eigenvalue weighted by molar-refractivity contribution is 0.184. The van der Waals surface area contributed by atoms with Crippen LogP contribution in [0, 0.1) is 17.5 Å². The number of imidazole rings is 3. The highest BCUT2D eigenvalue weighted by Gasteiger charge is 2.29. The van der Waals surface area contributed by atoms with Gasteiger partial charge in [-0.05, 0) is 187 Å². The molecule has 0 bridgehead atoms. The van der Waals surface area contributed by atoms with Gasteiger partial charge in [-0.15, -0.1) is 0 Å². The Hall–Kier alpha value is -9.18. The van der Waals surface area contributed by atoms with Gasteiger partial charge < -0.3 is 46.0 Å². The number of hydrogen-bond donors (Lipinski definition) is 4. The Morgan fingerprint density at radius 1 is 0.409 bits per heavy atom. The molecule has 7 N–H and O–H groups in total. The fraction of sp³-hybridized carbons (Fsp3) is 0.375. The van der Waals surface area contributed by atoms with Crippen LogP contribution in [-0.4, -0.2) is 121 Å². The Morgan fingerprint density at radius 2 is 0.763 bits per heavy atom. The molecule has 13 rings (SSSR count). The van der Waals surface area contributed by atoms with E-state index in [1.54, 1.807) is 55.0 Å². The molecule has 4 aromatic carbocycles. The van der Waals surface area contributed by atoms with E-state index >= 15 is 0 Å². The number of hydrogen-bond acceptors (Lipinski definition) is 15. The summed E-state index contributed by atoms with van der Waals surface area (Å²) in [6, 6.07) is 36.5. The normalized spacial score (nSPS) is 15.1. The number of nitrogens with two attached hydrogens (primary N) is 3. The van der Waals surface area contributed by atoms with E-state index in [1.807, 2.05) is 37.2 Å². The van der Waals surface area contributed by atoms with Crippen molar-refractivity contribution in [2.75, 3.05) is 69.6 Å². The third kappa shape index (κ3) is 17.3. The molecule has 3 aliphatic heterocycles. The maximum atomic E-state index is 13.5. The van der Waals surface area contributed by atoms with Gasteiger partial charge in [0, 0.05) is 79.6 Å². The summed E-state index contributed by atoms with van der Waals surface area (Å²) in [7, 11) is 0. The van der Waals surface area contributed by atoms with Crippen LogP contribution in [0.5, 0.6) is 0 Å². The zero-order valence-electron chi connectivity index (χ0n) is 53.1. The second kappa shape index (κ2) is 32.4. The number of nitrogens with one attached hydrogen (secondary N) is 1. The van der Waals surface area contributed by atoms with Crippen molar-refractivity contribution in [3.8, 4) is 67.9 Å². The van der Waals surface area contributed by atoms with Crippen molar-refractivity contribution in [1.82, 2.24) is 73.7 Å². The number of anilines is 3. The number of aryl methyl sites for hydroxylation is 1. The maximum absolute atomic E-state index is 13.5. The van der Waals surface area contributed by atoms with Gasteiger partial charge in [0.15, 0.2) is 0 Å². The third-order valence-electron chi connectivity index (χ3n) is 17.9. The average molecular weight is 1260 g/mol. The first-order chi connectivity index (χ1) is 45.5. The molecule has 6 aromatic heterocycles. The lowest BCUT2D eigenvalue weighted by atomic mass is 10.0. The second-order valence-corrected chi connectivity index (χ2v) is 24.3. The molecule has 0 unspecified atom stereocenters. The van der Waals surface area contributed by atoms with Crippen molar-refractivity contribution in [1.29, 1.82) is 0 Å². The molecule has 93 heavy (non-hydrogen) atoms. The zero-order chi connectivity index (χ0) is 64.3. The lowest BCUT2D eigenvalue weighted by Crippen LogP contribution is -2.35. The number of aromatic nitrogens is 12. The summed E-state index contributed by atoms with van der Waals surface area (Å²) in [6.45, 7) is 10.8. The molecular weight excluding hydrogens is 1170 g/mol. The molecule has 3 aliphatic rings. The summed E-state index contributed by atoms with van der Waals surface area (Å²) in [5, 5.41) is 3.38. The van der Waals surface area contributed by atoms with Crippen molar-refractivity contribution >= 4 is 17.8 Å². The highest BCUT2D eigenvalue weighted by molar-refractivity contribution is 5.79. The number of unbranched alkanes of at least 4 members (excludes halogenated alkanes) is 6. The lowest BCUT2D eigenvalue weighted by Gasteiger charge is -2.33. The predicted molar refractivity (Wildman–Crippen MR) is 362 cm³/mol. The molecule has 9 heterocycles. The predicted octanol–water partition coefficient (Wildman–Crippen LogP) is 13.8. The molecular formula is C72H85F3N18. The molecule has 0 atom stereocenters. The molecule has 484 valence electrons. The first kappa shape index (κ1) is 65.3. The Balaban J connectivity index is 0.000000145. The third-order valence-corrected chi connectivity index (χ3v) is 17.9. The van der Waals surface area contributed by atoms with Crippen LogP contribution in [-0.2, 0) is 6.42 Å². The van der Waals surface area contributed by atoms with Gasteiger partial charge in [0.05, 0.1) is 70.2 Å². The van der Waals surface area contributed by atoms with Crippen molar-refractivity contribution in [2.24, 2.45) is 0 Å². The van der Waals surface area contributed by atoms with Crippen LogP contribution in [0.3, 0.4) is 0 Å². The Bertz CT molecular complexity index is 3910. The summed E-state index contributed by atoms with van der Waals surface area (Å²) >= 11 is 0. The highest BCUT2D eigenvalue weighted by Crippen LogP contribution is 2.39. The van der Waals surface area contributed by atoms with Gasteiger partial charge in [0.25, 0.3) is 0 Å². The van der Waals surface area contributed by atoms with Gasteiger partial charge in [-0.1, -0.05) is 69.4 Å². The van der Waals surface area contributed by atoms with Crippen molar-refractivity contribution in [3.63, 3.8) is 0 Å². The number of likely N-dealkylation sites (tertiary alicyclic amines) is 2. The van der Waals surface area contributed by atoms with E-state index in [4.69, 9.17) is 27.2 Å². The van der Waals surface area contributed by atoms with Crippen LogP contribution >= 0.6 is 0 Å². The minimum absolute atomic E-state index is 0.223. The van der Waals surface area contributed by atoms with Crippen LogP contribution in [0.4, 0.5) is 31.0 Å². The Labute approximate surface area is 543 Å². The smallest absolute Gasteiger partial charge is 0.220 e. The van der Waals surface area contributed by atoms with E-state index in [1.165, 1.54) is 99.9 Å². The Morgan fingerprint density at radius 3 is 1.14 bits per heavy atom. The molecule has 18 nitrogen and oxygen atoms in total. The fourth-order valence-electron chi connectivity index (χ4n) is 13.0. The number of nitrogen functional groups attached to an aromatic ring is 3. The molecule has 0 radical (unpaired) electrons. The van der Waals surface area contributed by atoms with E-state index in [2.05, 4.69) is 101 Å². The average Bonchev–Trinajstić information content (AvgIpc) is 1.81. The Kier molecular flexibility index (Phi) is 22.8. The maximum Gasteiger partial charge on any atom is 0.220 e. The summed E-state index contributed by atoms with van der Waals surface area (Å²) < 4.78 is 47.0. The minimum Gasteiger partial charge on any atom is -0.368 e. The van der Waals surface area contributed by atoms with Crippen LogP contribution in [0.15, 0.2) is 159 Å². The van der Waals surface area contributed by atoms with Gasteiger partial charge >= 0.3 is 0 Å². The van der Waals surface area contributed by atoms with Gasteiger partial charge in [-0.3, -0.25) is 0 Å². The molecule has 0 amide bonds. The van der Waals surface area contributed by atoms with Gasteiger partial charge in [0.2, 0.25) is 17.8 Å². The van der Waals surface area contributed by atoms with E-state index in [9.17, 15) is 13.2 Å². The van der Waals surface area contributed by atoms with E-state index in [-0.39, 0.29) is 35.3 Å². The summed E-state index contributed by atoms with van der Waals surface area (Å²) in [5.41, 5.74) is 28.9. The number of rotatable bonds is 21. The molecule has 3 fully saturated rings. The standard InChI is InChI=1S/C28H31FN6.C26H35FN6.C18H19FN6/c29-23-11-9-22(10-12-23)26-27(25-13-16-31-28(30)33-25)35(20-32-26)24-14-18-34(19-15-24)17-5-4-8-21-6-2-1-3-7-21;1-2-3-4-5-6-7-16-32-17-13-22(14-18-32)33-19-30-24(20-8-10-21(27)11-9-20)25(33)23-12-15-29-26(28)31-23;19-13-3-1-12(2-4-13)16-17(15-7-10-22-18(20)24-15)25(11-23-16)14-5-8-21-9-6-14/h1-3,6-7,9-13,16,20,24H,4-5,8,14-15,17-19H2,(H2,30,31,33);8-12,15,19,22H,2-7,13-14,16-18H2,1H3,(H2,28,29,31);1-4,7,10-11,14,21H,5-6,8-9H2,(H2,20,22,24). The number of piperidine rings is 3. The topological polar surface area (TPSA) is 227 Å². The van der Waals surface area contributed by atoms with E-state index < -0.39 is 0 Å². The molecule has 0 saturated carbocycles. The minimum atomic E-state index is -0.269. The molecule has 3 saturated heterocycles. The van der Waals surface area contributed by atoms with Gasteiger partial charge in [0.1, 0.15) is 17.5 Å². The van der Waals surface area contributed by atoms with Crippen LogP contribution in [0.25, 0.3) is 67.9 Å². The van der Waals surface area contributed by atoms with E-state index in [0.29, 0.717) is 18.1 Å². The summed E-state index contributed by atoms with van der Waals surface area (Å²) in [6.07, 6.45) is 28.5. The van der Waals surface area contributed by atoms with Crippen LogP contribution in [0.2, 0.25) is 0 Å². The van der Waals surface area contributed by atoms with Crippen molar-refractivity contribution in [2.45, 2.75) is 121 Å². The number of halogens is 3. The van der Waals surface area contributed by atoms with Gasteiger partial charge in [-0.25, -0.2) is 58.0 Å². The van der Waals surface area contributed by atoms with Crippen molar-refractivity contribution < 1.29 is 13.2 Å². The second-order valence-electron chi connectivity index (χ2n) is 24.3. The summed E-state index contributed by atoms with van der Waals surface area (Å²) in [5.74, 6) is -0.111. The van der Waals surface area contributed by atoms with Crippen molar-refractivity contribution in [3.05, 3.63) is 182 Å². The summed E-state index contributed by atoms with van der Waals surface area (Å²) in [4.78, 5) is 44.7. The molecule has 21 heteroatoms. The number of benzene rings is 4. The largest absolute Gasteiger partial charge is 0.368 e. The monoisotopic (exact) mass is 1260 g/mol. The number of nitrogens with zero attached hydrogens (tertiary/aromatic N) is 14. The van der Waals surface area contributed by atoms with Crippen LogP contribution < -0.4 is 22.5 Å². The van der Waals surface area contributed by atoms with E-state index in [0.717, 1.165) is 159 Å². The fourth-order valence-corrected chi connectivity index (χ4v) is 13.0. The quantitative estimate of drug-likeness (QED) is 0.0491.